The topological polar surface area (TPSA) is 39.7 Å². The van der Waals surface area contributed by atoms with Gasteiger partial charge in [0.1, 0.15) is 0 Å². The standard InChI is InChI=1S/C21H30N4S/c1-22-21(23-12-11-20-10-7-15-26-20)24-16-18-8-3-4-9-19(18)17-25-13-5-2-6-14-25/h3-4,7-10,15H,2,5-6,11-14,16-17H2,1H3,(H2,22,23,24). The maximum Gasteiger partial charge on any atom is 0.191 e. The van der Waals surface area contributed by atoms with Crippen LogP contribution in [0.2, 0.25) is 0 Å². The maximum atomic E-state index is 4.35. The summed E-state index contributed by atoms with van der Waals surface area (Å²) < 4.78 is 0. The highest BCUT2D eigenvalue weighted by molar-refractivity contribution is 7.09. The number of benzene rings is 1. The molecule has 0 atom stereocenters. The third-order valence-electron chi connectivity index (χ3n) is 4.87. The molecule has 1 fully saturated rings. The first kappa shape index (κ1) is 18.9. The van der Waals surface area contributed by atoms with Crippen molar-refractivity contribution in [3.05, 3.63) is 57.8 Å². The largest absolute Gasteiger partial charge is 0.356 e. The Morgan fingerprint density at radius 3 is 2.58 bits per heavy atom. The number of hydrogen-bond acceptors (Lipinski definition) is 3. The van der Waals surface area contributed by atoms with E-state index in [1.807, 2.05) is 7.05 Å². The number of hydrogen-bond donors (Lipinski definition) is 2. The second kappa shape index (κ2) is 10.3. The van der Waals surface area contributed by atoms with E-state index in [0.29, 0.717) is 0 Å². The van der Waals surface area contributed by atoms with Crippen molar-refractivity contribution < 1.29 is 0 Å². The van der Waals surface area contributed by atoms with Gasteiger partial charge < -0.3 is 10.6 Å². The highest BCUT2D eigenvalue weighted by Crippen LogP contribution is 2.16. The lowest BCUT2D eigenvalue weighted by Gasteiger charge is -2.27. The van der Waals surface area contributed by atoms with E-state index in [1.165, 1.54) is 48.4 Å². The van der Waals surface area contributed by atoms with E-state index in [-0.39, 0.29) is 0 Å². The molecule has 2 N–H and O–H groups in total. The average molecular weight is 371 g/mol. The van der Waals surface area contributed by atoms with Crippen molar-refractivity contribution in [2.24, 2.45) is 4.99 Å². The first-order chi connectivity index (χ1) is 12.8. The van der Waals surface area contributed by atoms with E-state index in [9.17, 15) is 0 Å². The molecular formula is C21H30N4S. The van der Waals surface area contributed by atoms with Gasteiger partial charge in [-0.3, -0.25) is 9.89 Å². The van der Waals surface area contributed by atoms with Gasteiger partial charge in [0.2, 0.25) is 0 Å². The first-order valence-electron chi connectivity index (χ1n) is 9.61. The minimum Gasteiger partial charge on any atom is -0.356 e. The summed E-state index contributed by atoms with van der Waals surface area (Å²) in [6, 6.07) is 13.1. The van der Waals surface area contributed by atoms with Gasteiger partial charge in [-0.1, -0.05) is 36.8 Å². The summed E-state index contributed by atoms with van der Waals surface area (Å²) in [5, 5.41) is 9.01. The Kier molecular flexibility index (Phi) is 7.52. The van der Waals surface area contributed by atoms with E-state index in [2.05, 4.69) is 62.3 Å². The van der Waals surface area contributed by atoms with E-state index in [0.717, 1.165) is 32.0 Å². The Labute approximate surface area is 161 Å². The predicted molar refractivity (Wildman–Crippen MR) is 112 cm³/mol. The van der Waals surface area contributed by atoms with Gasteiger partial charge in [0.25, 0.3) is 0 Å². The minimum atomic E-state index is 0.808. The molecule has 0 unspecified atom stereocenters. The first-order valence-corrected chi connectivity index (χ1v) is 10.5. The minimum absolute atomic E-state index is 0.808. The Hall–Kier alpha value is -1.85. The quantitative estimate of drug-likeness (QED) is 0.577. The molecule has 0 saturated carbocycles. The highest BCUT2D eigenvalue weighted by Gasteiger charge is 2.12. The number of piperidine rings is 1. The zero-order chi connectivity index (χ0) is 18.0. The van der Waals surface area contributed by atoms with Crippen molar-refractivity contribution in [2.45, 2.75) is 38.8 Å². The van der Waals surface area contributed by atoms with Crippen molar-refractivity contribution >= 4 is 17.3 Å². The third-order valence-corrected chi connectivity index (χ3v) is 5.81. The van der Waals surface area contributed by atoms with E-state index in [4.69, 9.17) is 0 Å². The van der Waals surface area contributed by atoms with Crippen LogP contribution in [0.1, 0.15) is 35.3 Å². The Bertz CT molecular complexity index is 675. The normalized spacial score (nSPS) is 15.8. The van der Waals surface area contributed by atoms with E-state index in [1.54, 1.807) is 11.3 Å². The molecule has 1 aromatic carbocycles. The molecule has 3 rings (SSSR count). The Morgan fingerprint density at radius 2 is 1.85 bits per heavy atom. The van der Waals surface area contributed by atoms with E-state index < -0.39 is 0 Å². The summed E-state index contributed by atoms with van der Waals surface area (Å²) in [6.07, 6.45) is 5.08. The lowest BCUT2D eigenvalue weighted by atomic mass is 10.0. The molecule has 1 saturated heterocycles. The predicted octanol–water partition coefficient (Wildman–Crippen LogP) is 3.64. The summed E-state index contributed by atoms with van der Waals surface area (Å²) in [6.45, 7) is 5.22. The lowest BCUT2D eigenvalue weighted by Crippen LogP contribution is -2.38. The Balaban J connectivity index is 1.49. The van der Waals surface area contributed by atoms with Gasteiger partial charge >= 0.3 is 0 Å². The molecule has 1 aliphatic heterocycles. The molecule has 1 aliphatic rings. The molecule has 0 radical (unpaired) electrons. The SMILES string of the molecule is CN=C(NCCc1cccs1)NCc1ccccc1CN1CCCCC1. The number of thiophene rings is 1. The second-order valence-electron chi connectivity index (χ2n) is 6.79. The Morgan fingerprint density at radius 1 is 1.04 bits per heavy atom. The highest BCUT2D eigenvalue weighted by atomic mass is 32.1. The van der Waals surface area contributed by atoms with Crippen LogP contribution in [0.4, 0.5) is 0 Å². The third kappa shape index (κ3) is 5.85. The zero-order valence-electron chi connectivity index (χ0n) is 15.7. The number of rotatable bonds is 7. The second-order valence-corrected chi connectivity index (χ2v) is 7.82. The molecule has 0 amide bonds. The molecule has 26 heavy (non-hydrogen) atoms. The molecule has 0 spiro atoms. The van der Waals surface area contributed by atoms with Crippen molar-refractivity contribution in [1.82, 2.24) is 15.5 Å². The van der Waals surface area contributed by atoms with Crippen LogP contribution in [0.3, 0.4) is 0 Å². The number of nitrogens with one attached hydrogen (secondary N) is 2. The molecule has 1 aromatic heterocycles. The van der Waals surface area contributed by atoms with Gasteiger partial charge in [0, 0.05) is 31.6 Å². The van der Waals surface area contributed by atoms with Crippen molar-refractivity contribution in [3.8, 4) is 0 Å². The maximum absolute atomic E-state index is 4.35. The molecular weight excluding hydrogens is 340 g/mol. The summed E-state index contributed by atoms with van der Waals surface area (Å²) in [4.78, 5) is 8.34. The van der Waals surface area contributed by atoms with Crippen molar-refractivity contribution in [1.29, 1.82) is 0 Å². The smallest absolute Gasteiger partial charge is 0.191 e. The summed E-state index contributed by atoms with van der Waals surface area (Å²) in [5.74, 6) is 0.870. The van der Waals surface area contributed by atoms with Crippen LogP contribution >= 0.6 is 11.3 Å². The molecule has 0 bridgehead atoms. The summed E-state index contributed by atoms with van der Waals surface area (Å²) >= 11 is 1.81. The fourth-order valence-corrected chi connectivity index (χ4v) is 4.11. The van der Waals surface area contributed by atoms with Crippen LogP contribution in [0, 0.1) is 0 Å². The molecule has 0 aliphatic carbocycles. The fraction of sp³-hybridized carbons (Fsp3) is 0.476. The molecule has 4 nitrogen and oxygen atoms in total. The van der Waals surface area contributed by atoms with Gasteiger partial charge in [0.15, 0.2) is 5.96 Å². The average Bonchev–Trinajstić information content (AvgIpc) is 3.20. The number of guanidine groups is 1. The van der Waals surface area contributed by atoms with Crippen molar-refractivity contribution in [2.75, 3.05) is 26.7 Å². The van der Waals surface area contributed by atoms with Gasteiger partial charge in [-0.25, -0.2) is 0 Å². The van der Waals surface area contributed by atoms with Gasteiger partial charge in [0.05, 0.1) is 0 Å². The molecule has 2 aromatic rings. The number of aliphatic imine (C=N–C) groups is 1. The van der Waals surface area contributed by atoms with Gasteiger partial charge in [-0.05, 0) is 54.9 Å². The van der Waals surface area contributed by atoms with Crippen LogP contribution in [-0.2, 0) is 19.5 Å². The fourth-order valence-electron chi connectivity index (χ4n) is 3.40. The lowest BCUT2D eigenvalue weighted by molar-refractivity contribution is 0.220. The van der Waals surface area contributed by atoms with Gasteiger partial charge in [-0.2, -0.15) is 0 Å². The van der Waals surface area contributed by atoms with Crippen LogP contribution < -0.4 is 10.6 Å². The zero-order valence-corrected chi connectivity index (χ0v) is 16.5. The molecule has 2 heterocycles. The molecule has 140 valence electrons. The number of likely N-dealkylation sites (tertiary alicyclic amines) is 1. The van der Waals surface area contributed by atoms with Crippen LogP contribution in [0.25, 0.3) is 0 Å². The van der Waals surface area contributed by atoms with Crippen LogP contribution in [0.5, 0.6) is 0 Å². The van der Waals surface area contributed by atoms with Crippen molar-refractivity contribution in [3.63, 3.8) is 0 Å². The monoisotopic (exact) mass is 370 g/mol. The van der Waals surface area contributed by atoms with Crippen LogP contribution in [0.15, 0.2) is 46.8 Å². The summed E-state index contributed by atoms with van der Waals surface area (Å²) in [5.41, 5.74) is 2.79. The summed E-state index contributed by atoms with van der Waals surface area (Å²) in [7, 11) is 1.83. The van der Waals surface area contributed by atoms with Gasteiger partial charge in [-0.15, -0.1) is 11.3 Å². The molecule has 5 heteroatoms. The van der Waals surface area contributed by atoms with E-state index >= 15 is 0 Å². The number of nitrogens with zero attached hydrogens (tertiary/aromatic N) is 2. The van der Waals surface area contributed by atoms with Crippen LogP contribution in [-0.4, -0.2) is 37.5 Å².